The van der Waals surface area contributed by atoms with Gasteiger partial charge in [-0.15, -0.1) is 11.3 Å². The molecule has 0 saturated heterocycles. The number of non-ortho nitro benzene ring substituents is 1. The lowest BCUT2D eigenvalue weighted by Gasteiger charge is -2.08. The highest BCUT2D eigenvalue weighted by molar-refractivity contribution is 7.14. The third-order valence-corrected chi connectivity index (χ3v) is 4.73. The number of hydrogen-bond acceptors (Lipinski definition) is 6. The predicted octanol–water partition coefficient (Wildman–Crippen LogP) is 3.66. The molecule has 0 bridgehead atoms. The number of carbonyl (C=O) groups is 2. The van der Waals surface area contributed by atoms with Crippen LogP contribution in [0.25, 0.3) is 11.3 Å². The molecule has 0 radical (unpaired) electrons. The molecule has 0 atom stereocenters. The number of aromatic nitrogens is 1. The first kappa shape index (κ1) is 16.0. The Labute approximate surface area is 149 Å². The van der Waals surface area contributed by atoms with Gasteiger partial charge in [0, 0.05) is 23.1 Å². The summed E-state index contributed by atoms with van der Waals surface area (Å²) >= 11 is 1.08. The topological polar surface area (TPSA) is 93.4 Å². The van der Waals surface area contributed by atoms with Crippen LogP contribution in [0.4, 0.5) is 15.2 Å². The molecular weight excluding hydrogens is 361 g/mol. The van der Waals surface area contributed by atoms with Gasteiger partial charge in [-0.2, -0.15) is 0 Å². The molecule has 26 heavy (non-hydrogen) atoms. The van der Waals surface area contributed by atoms with Crippen molar-refractivity contribution in [2.45, 2.75) is 0 Å². The lowest BCUT2D eigenvalue weighted by molar-refractivity contribution is -0.384. The molecule has 7 nitrogen and oxygen atoms in total. The van der Waals surface area contributed by atoms with E-state index >= 15 is 0 Å². The van der Waals surface area contributed by atoms with Gasteiger partial charge in [0.05, 0.1) is 21.7 Å². The molecule has 0 unspecified atom stereocenters. The van der Waals surface area contributed by atoms with Gasteiger partial charge in [0.1, 0.15) is 5.82 Å². The SMILES string of the molecule is O=C1c2ccc(F)cc2C(=O)N1c1nc(-c2ccc([N+](=O)[O-])cc2)cs1. The number of nitrogens with zero attached hydrogens (tertiary/aromatic N) is 3. The zero-order chi connectivity index (χ0) is 18.4. The molecule has 1 aliphatic rings. The Morgan fingerprint density at radius 2 is 1.73 bits per heavy atom. The van der Waals surface area contributed by atoms with Crippen molar-refractivity contribution in [3.05, 3.63) is 74.9 Å². The molecule has 2 amide bonds. The van der Waals surface area contributed by atoms with Crippen LogP contribution in [0.15, 0.2) is 47.8 Å². The Morgan fingerprint density at radius 1 is 1.04 bits per heavy atom. The van der Waals surface area contributed by atoms with Crippen molar-refractivity contribution in [1.29, 1.82) is 0 Å². The maximum Gasteiger partial charge on any atom is 0.269 e. The highest BCUT2D eigenvalue weighted by Crippen LogP contribution is 2.33. The van der Waals surface area contributed by atoms with Crippen LogP contribution in [0, 0.1) is 15.9 Å². The molecule has 128 valence electrons. The minimum atomic E-state index is -0.630. The average Bonchev–Trinajstić information content (AvgIpc) is 3.19. The first-order valence-corrected chi connectivity index (χ1v) is 8.22. The summed E-state index contributed by atoms with van der Waals surface area (Å²) in [7, 11) is 0. The lowest BCUT2D eigenvalue weighted by Crippen LogP contribution is -2.29. The van der Waals surface area contributed by atoms with Crippen LogP contribution in [0.5, 0.6) is 0 Å². The van der Waals surface area contributed by atoms with Crippen LogP contribution >= 0.6 is 11.3 Å². The van der Waals surface area contributed by atoms with Gasteiger partial charge in [-0.1, -0.05) is 0 Å². The summed E-state index contributed by atoms with van der Waals surface area (Å²) in [6.45, 7) is 0. The molecule has 9 heteroatoms. The van der Waals surface area contributed by atoms with E-state index in [-0.39, 0.29) is 21.9 Å². The van der Waals surface area contributed by atoms with E-state index in [0.717, 1.165) is 28.4 Å². The van der Waals surface area contributed by atoms with Gasteiger partial charge in [0.2, 0.25) is 0 Å². The van der Waals surface area contributed by atoms with Crippen LogP contribution in [-0.4, -0.2) is 21.7 Å². The van der Waals surface area contributed by atoms with Crippen molar-refractivity contribution in [1.82, 2.24) is 4.98 Å². The Bertz CT molecular complexity index is 1080. The van der Waals surface area contributed by atoms with Gasteiger partial charge in [0.15, 0.2) is 5.13 Å². The lowest BCUT2D eigenvalue weighted by atomic mass is 10.1. The second kappa shape index (κ2) is 5.81. The Kier molecular flexibility index (Phi) is 3.58. The predicted molar refractivity (Wildman–Crippen MR) is 91.7 cm³/mol. The molecule has 2 heterocycles. The third kappa shape index (κ3) is 2.45. The average molecular weight is 369 g/mol. The first-order chi connectivity index (χ1) is 12.5. The summed E-state index contributed by atoms with van der Waals surface area (Å²) < 4.78 is 13.4. The van der Waals surface area contributed by atoms with Crippen molar-refractivity contribution in [2.75, 3.05) is 4.90 Å². The molecule has 4 rings (SSSR count). The molecule has 0 fully saturated rings. The normalized spacial score (nSPS) is 13.2. The number of amides is 2. The highest BCUT2D eigenvalue weighted by Gasteiger charge is 2.38. The summed E-state index contributed by atoms with van der Waals surface area (Å²) in [4.78, 5) is 40.3. The van der Waals surface area contributed by atoms with Gasteiger partial charge in [-0.25, -0.2) is 14.3 Å². The minimum Gasteiger partial charge on any atom is -0.268 e. The van der Waals surface area contributed by atoms with Gasteiger partial charge in [-0.05, 0) is 30.3 Å². The molecule has 0 N–H and O–H groups in total. The Balaban J connectivity index is 1.67. The van der Waals surface area contributed by atoms with Gasteiger partial charge in [-0.3, -0.25) is 19.7 Å². The maximum atomic E-state index is 13.4. The molecule has 1 aromatic heterocycles. The zero-order valence-electron chi connectivity index (χ0n) is 12.9. The number of nitro groups is 1. The highest BCUT2D eigenvalue weighted by atomic mass is 32.1. The molecular formula is C17H8FN3O4S. The van der Waals surface area contributed by atoms with E-state index in [1.807, 2.05) is 0 Å². The number of benzene rings is 2. The van der Waals surface area contributed by atoms with Crippen LogP contribution in [-0.2, 0) is 0 Å². The van der Waals surface area contributed by atoms with Crippen molar-refractivity contribution in [2.24, 2.45) is 0 Å². The van der Waals surface area contributed by atoms with E-state index < -0.39 is 22.6 Å². The van der Waals surface area contributed by atoms with E-state index in [1.165, 1.54) is 30.3 Å². The quantitative estimate of drug-likeness (QED) is 0.399. The fourth-order valence-electron chi connectivity index (χ4n) is 2.64. The summed E-state index contributed by atoms with van der Waals surface area (Å²) in [6, 6.07) is 9.19. The Hall–Kier alpha value is -3.46. The van der Waals surface area contributed by atoms with Crippen LogP contribution in [0.1, 0.15) is 20.7 Å². The number of thiazole rings is 1. The fraction of sp³-hybridized carbons (Fsp3) is 0. The van der Waals surface area contributed by atoms with Gasteiger partial charge < -0.3 is 0 Å². The standard InChI is InChI=1S/C17H8FN3O4S/c18-10-3-6-12-13(7-10)16(23)20(15(12)22)17-19-14(8-26-17)9-1-4-11(5-2-9)21(24)25/h1-8H. The van der Waals surface area contributed by atoms with Gasteiger partial charge in [0.25, 0.3) is 17.5 Å². The first-order valence-electron chi connectivity index (χ1n) is 7.34. The van der Waals surface area contributed by atoms with Crippen LogP contribution in [0.3, 0.4) is 0 Å². The Morgan fingerprint density at radius 3 is 2.42 bits per heavy atom. The summed E-state index contributed by atoms with van der Waals surface area (Å²) in [5, 5.41) is 12.5. The summed E-state index contributed by atoms with van der Waals surface area (Å²) in [6.07, 6.45) is 0. The smallest absolute Gasteiger partial charge is 0.268 e. The zero-order valence-corrected chi connectivity index (χ0v) is 13.7. The number of fused-ring (bicyclic) bond motifs is 1. The third-order valence-electron chi connectivity index (χ3n) is 3.91. The van der Waals surface area contributed by atoms with Crippen LogP contribution < -0.4 is 4.90 Å². The van der Waals surface area contributed by atoms with Crippen molar-refractivity contribution in [3.63, 3.8) is 0 Å². The van der Waals surface area contributed by atoms with E-state index in [4.69, 9.17) is 0 Å². The van der Waals surface area contributed by atoms with Crippen LogP contribution in [0.2, 0.25) is 0 Å². The second-order valence-corrected chi connectivity index (χ2v) is 6.29. The maximum absolute atomic E-state index is 13.4. The number of rotatable bonds is 3. The summed E-state index contributed by atoms with van der Waals surface area (Å²) in [5.74, 6) is -1.79. The fourth-order valence-corrected chi connectivity index (χ4v) is 3.47. The molecule has 1 aliphatic heterocycles. The molecule has 3 aromatic rings. The molecule has 0 aliphatic carbocycles. The number of nitro benzene ring substituents is 1. The number of carbonyl (C=O) groups excluding carboxylic acids is 2. The monoisotopic (exact) mass is 369 g/mol. The number of anilines is 1. The van der Waals surface area contributed by atoms with Crippen molar-refractivity contribution in [3.8, 4) is 11.3 Å². The second-order valence-electron chi connectivity index (χ2n) is 5.45. The van der Waals surface area contributed by atoms with E-state index in [2.05, 4.69) is 4.98 Å². The van der Waals surface area contributed by atoms with Crippen molar-refractivity contribution >= 4 is 34.0 Å². The molecule has 2 aromatic carbocycles. The van der Waals surface area contributed by atoms with E-state index in [0.29, 0.717) is 11.3 Å². The van der Waals surface area contributed by atoms with E-state index in [1.54, 1.807) is 5.38 Å². The minimum absolute atomic E-state index is 0.00193. The number of hydrogen-bond donors (Lipinski definition) is 0. The van der Waals surface area contributed by atoms with Crippen molar-refractivity contribution < 1.29 is 18.9 Å². The molecule has 0 spiro atoms. The van der Waals surface area contributed by atoms with E-state index in [9.17, 15) is 24.1 Å². The number of imide groups is 1. The molecule has 0 saturated carbocycles. The summed E-state index contributed by atoms with van der Waals surface area (Å²) in [5.41, 5.74) is 1.17. The largest absolute Gasteiger partial charge is 0.269 e. The number of halogens is 1. The van der Waals surface area contributed by atoms with Gasteiger partial charge >= 0.3 is 0 Å².